The van der Waals surface area contributed by atoms with E-state index in [0.717, 1.165) is 9.37 Å². The van der Waals surface area contributed by atoms with Crippen molar-refractivity contribution < 1.29 is 23.9 Å². The maximum Gasteiger partial charge on any atom is 0.261 e. The van der Waals surface area contributed by atoms with Crippen LogP contribution in [0.25, 0.3) is 0 Å². The molecule has 0 unspecified atom stereocenters. The standard InChI is InChI=1S/C21H21BrN2O5/c1-3-28-14-6-8-18(29-4-2)17(12-14)23-19(25)9-10-24-20(26)15-7-5-13(22)11-16(15)21(24)27/h5-8,11-12H,3-4,9-10H2,1-2H3,(H,23,25). The number of carbonyl (C=O) groups is 3. The molecule has 3 rings (SSSR count). The lowest BCUT2D eigenvalue weighted by molar-refractivity contribution is -0.116. The van der Waals surface area contributed by atoms with Gasteiger partial charge in [-0.2, -0.15) is 0 Å². The lowest BCUT2D eigenvalue weighted by Gasteiger charge is -2.15. The van der Waals surface area contributed by atoms with E-state index >= 15 is 0 Å². The SMILES string of the molecule is CCOc1ccc(OCC)c(NC(=O)CCN2C(=O)c3ccc(Br)cc3C2=O)c1. The molecular formula is C21H21BrN2O5. The highest BCUT2D eigenvalue weighted by atomic mass is 79.9. The van der Waals surface area contributed by atoms with E-state index in [1.165, 1.54) is 0 Å². The Morgan fingerprint density at radius 3 is 2.45 bits per heavy atom. The fraction of sp³-hybridized carbons (Fsp3) is 0.286. The van der Waals surface area contributed by atoms with Gasteiger partial charge in [-0.25, -0.2) is 0 Å². The third-order valence-electron chi connectivity index (χ3n) is 4.33. The van der Waals surface area contributed by atoms with E-state index in [1.807, 2.05) is 13.8 Å². The molecule has 1 aliphatic rings. The largest absolute Gasteiger partial charge is 0.494 e. The molecule has 7 nitrogen and oxygen atoms in total. The minimum Gasteiger partial charge on any atom is -0.494 e. The molecule has 2 aromatic rings. The van der Waals surface area contributed by atoms with Gasteiger partial charge in [-0.15, -0.1) is 0 Å². The molecule has 152 valence electrons. The maximum atomic E-state index is 12.5. The summed E-state index contributed by atoms with van der Waals surface area (Å²) in [5.41, 5.74) is 1.17. The molecule has 0 atom stereocenters. The first-order chi connectivity index (χ1) is 13.9. The van der Waals surface area contributed by atoms with Crippen molar-refractivity contribution >= 4 is 39.3 Å². The quantitative estimate of drug-likeness (QED) is 0.604. The minimum absolute atomic E-state index is 0.00901. The summed E-state index contributed by atoms with van der Waals surface area (Å²) >= 11 is 3.30. The van der Waals surface area contributed by atoms with Crippen molar-refractivity contribution in [1.82, 2.24) is 4.90 Å². The van der Waals surface area contributed by atoms with E-state index in [1.54, 1.807) is 36.4 Å². The Kier molecular flexibility index (Phi) is 6.53. The number of fused-ring (bicyclic) bond motifs is 1. The van der Waals surface area contributed by atoms with Gasteiger partial charge >= 0.3 is 0 Å². The van der Waals surface area contributed by atoms with E-state index in [4.69, 9.17) is 9.47 Å². The summed E-state index contributed by atoms with van der Waals surface area (Å²) in [4.78, 5) is 38.5. The normalized spacial score (nSPS) is 12.7. The number of benzene rings is 2. The molecule has 0 bridgehead atoms. The van der Waals surface area contributed by atoms with Gasteiger partial charge in [0.1, 0.15) is 11.5 Å². The number of ether oxygens (including phenoxy) is 2. The predicted molar refractivity (Wildman–Crippen MR) is 112 cm³/mol. The number of hydrogen-bond donors (Lipinski definition) is 1. The van der Waals surface area contributed by atoms with Crippen molar-refractivity contribution in [1.29, 1.82) is 0 Å². The van der Waals surface area contributed by atoms with Gasteiger partial charge in [-0.3, -0.25) is 19.3 Å². The predicted octanol–water partition coefficient (Wildman–Crippen LogP) is 3.87. The highest BCUT2D eigenvalue weighted by Crippen LogP contribution is 2.30. The van der Waals surface area contributed by atoms with Crippen LogP contribution in [0.1, 0.15) is 41.0 Å². The number of hydrogen-bond acceptors (Lipinski definition) is 5. The van der Waals surface area contributed by atoms with Crippen molar-refractivity contribution in [3.8, 4) is 11.5 Å². The fourth-order valence-electron chi connectivity index (χ4n) is 3.04. The molecule has 0 fully saturated rings. The molecule has 0 aliphatic carbocycles. The van der Waals surface area contributed by atoms with Gasteiger partial charge in [0.2, 0.25) is 5.91 Å². The molecule has 0 spiro atoms. The Bertz CT molecular complexity index is 960. The van der Waals surface area contributed by atoms with E-state index in [0.29, 0.717) is 41.5 Å². The van der Waals surface area contributed by atoms with Gasteiger partial charge in [0, 0.05) is 23.5 Å². The number of imide groups is 1. The second-order valence-electron chi connectivity index (χ2n) is 6.27. The van der Waals surface area contributed by atoms with Crippen LogP contribution in [0.5, 0.6) is 11.5 Å². The van der Waals surface area contributed by atoms with Crippen LogP contribution in [0.4, 0.5) is 5.69 Å². The molecular weight excluding hydrogens is 440 g/mol. The zero-order valence-electron chi connectivity index (χ0n) is 16.2. The first kappa shape index (κ1) is 20.9. The summed E-state index contributed by atoms with van der Waals surface area (Å²) in [5, 5.41) is 2.78. The van der Waals surface area contributed by atoms with Crippen molar-refractivity contribution in [2.24, 2.45) is 0 Å². The first-order valence-electron chi connectivity index (χ1n) is 9.29. The Labute approximate surface area is 177 Å². The van der Waals surface area contributed by atoms with E-state index < -0.39 is 11.8 Å². The second-order valence-corrected chi connectivity index (χ2v) is 7.19. The zero-order valence-corrected chi connectivity index (χ0v) is 17.7. The molecule has 1 N–H and O–H groups in total. The maximum absolute atomic E-state index is 12.5. The van der Waals surface area contributed by atoms with Gasteiger partial charge in [0.25, 0.3) is 11.8 Å². The average Bonchev–Trinajstić information content (AvgIpc) is 2.92. The lowest BCUT2D eigenvalue weighted by Crippen LogP contribution is -2.32. The zero-order chi connectivity index (χ0) is 21.0. The highest BCUT2D eigenvalue weighted by molar-refractivity contribution is 9.10. The van der Waals surface area contributed by atoms with Crippen LogP contribution in [0, 0.1) is 0 Å². The minimum atomic E-state index is -0.396. The van der Waals surface area contributed by atoms with Crippen LogP contribution in [-0.2, 0) is 4.79 Å². The van der Waals surface area contributed by atoms with E-state index in [2.05, 4.69) is 21.2 Å². The monoisotopic (exact) mass is 460 g/mol. The molecule has 3 amide bonds. The van der Waals surface area contributed by atoms with Crippen LogP contribution in [0.3, 0.4) is 0 Å². The number of amides is 3. The number of nitrogens with zero attached hydrogens (tertiary/aromatic N) is 1. The number of halogens is 1. The highest BCUT2D eigenvalue weighted by Gasteiger charge is 2.35. The van der Waals surface area contributed by atoms with Crippen molar-refractivity contribution in [2.75, 3.05) is 25.1 Å². The Morgan fingerprint density at radius 1 is 1.00 bits per heavy atom. The van der Waals surface area contributed by atoms with Crippen molar-refractivity contribution in [3.05, 3.63) is 52.0 Å². The summed E-state index contributed by atoms with van der Waals surface area (Å²) in [6, 6.07) is 10.1. The molecule has 8 heteroatoms. The van der Waals surface area contributed by atoms with Crippen LogP contribution >= 0.6 is 15.9 Å². The summed E-state index contributed by atoms with van der Waals surface area (Å²) in [5.74, 6) is 0.00972. The molecule has 0 radical (unpaired) electrons. The topological polar surface area (TPSA) is 84.9 Å². The first-order valence-corrected chi connectivity index (χ1v) is 10.1. The lowest BCUT2D eigenvalue weighted by atomic mass is 10.1. The Morgan fingerprint density at radius 2 is 1.72 bits per heavy atom. The summed E-state index contributed by atoms with van der Waals surface area (Å²) < 4.78 is 11.7. The van der Waals surface area contributed by atoms with Gasteiger partial charge < -0.3 is 14.8 Å². The molecule has 0 aromatic heterocycles. The number of carbonyl (C=O) groups excluding carboxylic acids is 3. The van der Waals surface area contributed by atoms with Gasteiger partial charge in [0.05, 0.1) is 30.0 Å². The Balaban J connectivity index is 1.67. The third kappa shape index (κ3) is 4.59. The molecule has 0 saturated carbocycles. The summed E-state index contributed by atoms with van der Waals surface area (Å²) in [6.07, 6.45) is -0.0307. The average molecular weight is 461 g/mol. The van der Waals surface area contributed by atoms with Crippen molar-refractivity contribution in [3.63, 3.8) is 0 Å². The van der Waals surface area contributed by atoms with E-state index in [9.17, 15) is 14.4 Å². The van der Waals surface area contributed by atoms with Crippen LogP contribution in [-0.4, -0.2) is 42.4 Å². The number of nitrogens with one attached hydrogen (secondary N) is 1. The number of anilines is 1. The fourth-order valence-corrected chi connectivity index (χ4v) is 3.40. The molecule has 29 heavy (non-hydrogen) atoms. The summed E-state index contributed by atoms with van der Waals surface area (Å²) in [6.45, 7) is 4.65. The van der Waals surface area contributed by atoms with Gasteiger partial charge in [-0.1, -0.05) is 15.9 Å². The molecule has 2 aromatic carbocycles. The van der Waals surface area contributed by atoms with E-state index in [-0.39, 0.29) is 18.9 Å². The van der Waals surface area contributed by atoms with Crippen molar-refractivity contribution in [2.45, 2.75) is 20.3 Å². The van der Waals surface area contributed by atoms with Crippen LogP contribution < -0.4 is 14.8 Å². The second kappa shape index (κ2) is 9.09. The van der Waals surface area contributed by atoms with Gasteiger partial charge in [0.15, 0.2) is 0 Å². The molecule has 1 heterocycles. The number of rotatable bonds is 8. The Hall–Kier alpha value is -2.87. The summed E-state index contributed by atoms with van der Waals surface area (Å²) in [7, 11) is 0. The van der Waals surface area contributed by atoms with Gasteiger partial charge in [-0.05, 0) is 44.2 Å². The van der Waals surface area contributed by atoms with Crippen LogP contribution in [0.2, 0.25) is 0 Å². The molecule has 1 aliphatic heterocycles. The third-order valence-corrected chi connectivity index (χ3v) is 4.82. The smallest absolute Gasteiger partial charge is 0.261 e. The molecule has 0 saturated heterocycles. The van der Waals surface area contributed by atoms with Crippen LogP contribution in [0.15, 0.2) is 40.9 Å².